The Bertz CT molecular complexity index is 815. The number of carbonyl (C=O) groups excluding carboxylic acids is 1. The van der Waals surface area contributed by atoms with Gasteiger partial charge in [0.1, 0.15) is 0 Å². The summed E-state index contributed by atoms with van der Waals surface area (Å²) < 4.78 is 26.7. The van der Waals surface area contributed by atoms with Gasteiger partial charge in [0.05, 0.1) is 40.1 Å². The minimum absolute atomic E-state index is 0.253. The Morgan fingerprint density at radius 2 is 1.46 bits per heavy atom. The van der Waals surface area contributed by atoms with Crippen LogP contribution in [0.1, 0.15) is 22.8 Å². The van der Waals surface area contributed by atoms with Gasteiger partial charge in [-0.15, -0.1) is 0 Å². The summed E-state index contributed by atoms with van der Waals surface area (Å²) in [4.78, 5) is 12.6. The van der Waals surface area contributed by atoms with Crippen molar-refractivity contribution in [2.45, 2.75) is 13.5 Å². The fourth-order valence-electron chi connectivity index (χ4n) is 2.66. The predicted octanol–water partition coefficient (Wildman–Crippen LogP) is 3.70. The van der Waals surface area contributed by atoms with Crippen molar-refractivity contribution in [3.8, 4) is 28.7 Å². The minimum Gasteiger partial charge on any atom is -0.493 e. The number of hydrogen-bond donors (Lipinski definition) is 1. The minimum atomic E-state index is -0.308. The maximum atomic E-state index is 12.6. The van der Waals surface area contributed by atoms with Crippen LogP contribution < -0.4 is 29.0 Å². The summed E-state index contributed by atoms with van der Waals surface area (Å²) in [5.74, 6) is 2.01. The van der Waals surface area contributed by atoms with Crippen molar-refractivity contribution in [1.82, 2.24) is 5.32 Å². The molecule has 152 valence electrons. The monoisotopic (exact) mass is 409 g/mol. The van der Waals surface area contributed by atoms with E-state index in [0.717, 1.165) is 5.56 Å². The van der Waals surface area contributed by atoms with Gasteiger partial charge in [-0.1, -0.05) is 11.6 Å². The largest absolute Gasteiger partial charge is 0.493 e. The van der Waals surface area contributed by atoms with Crippen LogP contribution >= 0.6 is 11.6 Å². The lowest BCUT2D eigenvalue weighted by molar-refractivity contribution is 0.0950. The first kappa shape index (κ1) is 21.5. The van der Waals surface area contributed by atoms with Crippen molar-refractivity contribution >= 4 is 17.5 Å². The van der Waals surface area contributed by atoms with Crippen molar-refractivity contribution in [3.05, 3.63) is 40.4 Å². The van der Waals surface area contributed by atoms with E-state index in [2.05, 4.69) is 5.32 Å². The molecule has 2 aromatic rings. The molecule has 8 heteroatoms. The number of ether oxygens (including phenoxy) is 5. The second kappa shape index (κ2) is 9.94. The number of carbonyl (C=O) groups is 1. The van der Waals surface area contributed by atoms with Gasteiger partial charge in [-0.2, -0.15) is 0 Å². The van der Waals surface area contributed by atoms with Crippen LogP contribution in [0.5, 0.6) is 28.7 Å². The molecule has 0 bridgehead atoms. The first-order valence-corrected chi connectivity index (χ1v) is 8.94. The van der Waals surface area contributed by atoms with Gasteiger partial charge in [0.15, 0.2) is 23.0 Å². The molecule has 0 saturated carbocycles. The summed E-state index contributed by atoms with van der Waals surface area (Å²) in [6.45, 7) is 2.53. The third kappa shape index (κ3) is 4.72. The second-order valence-electron chi connectivity index (χ2n) is 5.64. The normalized spacial score (nSPS) is 10.2. The molecule has 0 unspecified atom stereocenters. The Kier molecular flexibility index (Phi) is 7.63. The summed E-state index contributed by atoms with van der Waals surface area (Å²) >= 11 is 6.23. The highest BCUT2D eigenvalue weighted by atomic mass is 35.5. The van der Waals surface area contributed by atoms with E-state index in [1.54, 1.807) is 24.3 Å². The van der Waals surface area contributed by atoms with Crippen molar-refractivity contribution in [2.24, 2.45) is 0 Å². The van der Waals surface area contributed by atoms with Gasteiger partial charge in [-0.3, -0.25) is 4.79 Å². The van der Waals surface area contributed by atoms with E-state index in [0.29, 0.717) is 45.9 Å². The number of halogens is 1. The van der Waals surface area contributed by atoms with Gasteiger partial charge in [-0.25, -0.2) is 0 Å². The van der Waals surface area contributed by atoms with Gasteiger partial charge in [-0.05, 0) is 36.8 Å². The summed E-state index contributed by atoms with van der Waals surface area (Å²) in [6.07, 6.45) is 0. The van der Waals surface area contributed by atoms with Crippen LogP contribution in [0.3, 0.4) is 0 Å². The van der Waals surface area contributed by atoms with Crippen molar-refractivity contribution in [1.29, 1.82) is 0 Å². The Morgan fingerprint density at radius 3 is 1.96 bits per heavy atom. The quantitative estimate of drug-likeness (QED) is 0.680. The van der Waals surface area contributed by atoms with Crippen LogP contribution in [0.4, 0.5) is 0 Å². The Morgan fingerprint density at radius 1 is 0.893 bits per heavy atom. The molecule has 0 aromatic heterocycles. The van der Waals surface area contributed by atoms with Crippen LogP contribution in [0, 0.1) is 0 Å². The molecular weight excluding hydrogens is 386 g/mol. The smallest absolute Gasteiger partial charge is 0.251 e. The summed E-state index contributed by atoms with van der Waals surface area (Å²) in [5.41, 5.74) is 1.14. The van der Waals surface area contributed by atoms with Crippen molar-refractivity contribution in [3.63, 3.8) is 0 Å². The van der Waals surface area contributed by atoms with Crippen LogP contribution in [0.15, 0.2) is 24.3 Å². The number of benzene rings is 2. The molecular formula is C20H24ClNO6. The zero-order valence-corrected chi connectivity index (χ0v) is 17.3. The summed E-state index contributed by atoms with van der Waals surface area (Å²) in [6, 6.07) is 6.67. The Balaban J connectivity index is 2.21. The maximum Gasteiger partial charge on any atom is 0.251 e. The highest BCUT2D eigenvalue weighted by Gasteiger charge is 2.17. The SMILES string of the molecule is CCOc1c(Cl)cc(C(=O)NCc2cc(OC)c(OC)c(OC)c2)cc1OC. The topological polar surface area (TPSA) is 75.3 Å². The van der Waals surface area contributed by atoms with Crippen molar-refractivity contribution in [2.75, 3.05) is 35.0 Å². The van der Waals surface area contributed by atoms with Gasteiger partial charge in [0, 0.05) is 12.1 Å². The van der Waals surface area contributed by atoms with Gasteiger partial charge in [0.2, 0.25) is 5.75 Å². The van der Waals surface area contributed by atoms with E-state index in [1.165, 1.54) is 28.4 Å². The summed E-state index contributed by atoms with van der Waals surface area (Å²) in [5, 5.41) is 3.14. The third-order valence-corrected chi connectivity index (χ3v) is 4.24. The molecule has 28 heavy (non-hydrogen) atoms. The van der Waals surface area contributed by atoms with Crippen LogP contribution in [-0.2, 0) is 6.54 Å². The standard InChI is InChI=1S/C20H24ClNO6/c1-6-28-18-14(21)9-13(10-17(18)26-4)20(23)22-11-12-7-15(24-2)19(27-5)16(8-12)25-3/h7-10H,6,11H2,1-5H3,(H,22,23). The molecule has 7 nitrogen and oxygen atoms in total. The van der Waals surface area contributed by atoms with E-state index >= 15 is 0 Å². The molecule has 0 radical (unpaired) electrons. The second-order valence-corrected chi connectivity index (χ2v) is 6.05. The molecule has 0 aliphatic heterocycles. The molecule has 1 amide bonds. The van der Waals surface area contributed by atoms with Gasteiger partial charge in [0.25, 0.3) is 5.91 Å². The van der Waals surface area contributed by atoms with Crippen molar-refractivity contribution < 1.29 is 28.5 Å². The lowest BCUT2D eigenvalue weighted by atomic mass is 10.1. The van der Waals surface area contributed by atoms with E-state index in [9.17, 15) is 4.79 Å². The molecule has 0 saturated heterocycles. The number of rotatable bonds is 9. The molecule has 0 fully saturated rings. The van der Waals surface area contributed by atoms with Gasteiger partial charge < -0.3 is 29.0 Å². The van der Waals surface area contributed by atoms with Crippen LogP contribution in [0.2, 0.25) is 5.02 Å². The number of hydrogen-bond acceptors (Lipinski definition) is 6. The average molecular weight is 410 g/mol. The maximum absolute atomic E-state index is 12.6. The van der Waals surface area contributed by atoms with E-state index < -0.39 is 0 Å². The first-order valence-electron chi connectivity index (χ1n) is 8.56. The fraction of sp³-hybridized carbons (Fsp3) is 0.350. The Hall–Kier alpha value is -2.80. The Labute approximate surface area is 169 Å². The first-order chi connectivity index (χ1) is 13.5. The molecule has 0 atom stereocenters. The summed E-state index contributed by atoms with van der Waals surface area (Å²) in [7, 11) is 6.10. The zero-order valence-electron chi connectivity index (χ0n) is 16.6. The van der Waals surface area contributed by atoms with E-state index in [4.69, 9.17) is 35.3 Å². The fourth-order valence-corrected chi connectivity index (χ4v) is 2.92. The molecule has 2 rings (SSSR count). The lowest BCUT2D eigenvalue weighted by Gasteiger charge is -2.15. The number of methoxy groups -OCH3 is 4. The molecule has 2 aromatic carbocycles. The predicted molar refractivity (Wildman–Crippen MR) is 106 cm³/mol. The highest BCUT2D eigenvalue weighted by Crippen LogP contribution is 2.38. The lowest BCUT2D eigenvalue weighted by Crippen LogP contribution is -2.23. The molecule has 1 N–H and O–H groups in total. The molecule has 0 aliphatic rings. The van der Waals surface area contributed by atoms with E-state index in [-0.39, 0.29) is 12.5 Å². The average Bonchev–Trinajstić information content (AvgIpc) is 2.72. The number of amides is 1. The zero-order chi connectivity index (χ0) is 20.7. The van der Waals surface area contributed by atoms with Crippen LogP contribution in [-0.4, -0.2) is 41.0 Å². The number of nitrogens with one attached hydrogen (secondary N) is 1. The molecule has 0 heterocycles. The molecule has 0 aliphatic carbocycles. The third-order valence-electron chi connectivity index (χ3n) is 3.96. The highest BCUT2D eigenvalue weighted by molar-refractivity contribution is 6.32. The van der Waals surface area contributed by atoms with Crippen LogP contribution in [0.25, 0.3) is 0 Å². The van der Waals surface area contributed by atoms with E-state index in [1.807, 2.05) is 6.92 Å². The van der Waals surface area contributed by atoms with Gasteiger partial charge >= 0.3 is 0 Å². The molecule has 0 spiro atoms.